The minimum atomic E-state index is -0.636. The van der Waals surface area contributed by atoms with Gasteiger partial charge in [0.1, 0.15) is 11.3 Å². The summed E-state index contributed by atoms with van der Waals surface area (Å²) in [5, 5.41) is 11.0. The molecule has 8 nitrogen and oxygen atoms in total. The lowest BCUT2D eigenvalue weighted by molar-refractivity contribution is 0.0700. The molecule has 3 N–H and O–H groups in total. The molecule has 3 aromatic carbocycles. The Balaban J connectivity index is 1.24. The van der Waals surface area contributed by atoms with Crippen molar-refractivity contribution in [3.05, 3.63) is 66.0 Å². The number of piperidine rings is 1. The van der Waals surface area contributed by atoms with E-state index in [1.54, 1.807) is 13.2 Å². The molecule has 3 fully saturated rings. The Labute approximate surface area is 248 Å². The van der Waals surface area contributed by atoms with Crippen LogP contribution in [0.4, 0.5) is 4.39 Å². The average Bonchev–Trinajstić information content (AvgIpc) is 3.42. The monoisotopic (exact) mass is 579 g/mol. The van der Waals surface area contributed by atoms with E-state index in [1.807, 2.05) is 34.7 Å². The quantitative estimate of drug-likeness (QED) is 0.270. The fourth-order valence-electron chi connectivity index (χ4n) is 7.33. The number of hydrogen-bond acceptors (Lipinski definition) is 5. The van der Waals surface area contributed by atoms with Crippen molar-refractivity contribution in [3.8, 4) is 34.1 Å². The van der Waals surface area contributed by atoms with Gasteiger partial charge in [0.2, 0.25) is 0 Å². The van der Waals surface area contributed by atoms with Crippen LogP contribution in [-0.2, 0) is 13.6 Å². The molecule has 2 aromatic heterocycles. The number of phenols is 1. The van der Waals surface area contributed by atoms with E-state index in [-0.39, 0.29) is 23.7 Å². The SMILES string of the molecule is COc1cc(C(=O)N2C[C@H]3CC[C@@H]2[C@@H]3N)cc2nc(-c3cc4ccc(-c5ccc(F)c(O)c5)cc4n3CC3CC3)n(C)c12. The molecule has 3 atom stereocenters. The van der Waals surface area contributed by atoms with E-state index >= 15 is 0 Å². The maximum absolute atomic E-state index is 13.8. The minimum Gasteiger partial charge on any atom is -0.505 e. The first kappa shape index (κ1) is 26.3. The van der Waals surface area contributed by atoms with Gasteiger partial charge in [0.05, 0.1) is 18.3 Å². The molecule has 1 saturated heterocycles. The molecule has 0 spiro atoms. The Hall–Kier alpha value is -4.37. The fraction of sp³-hybridized carbons (Fsp3) is 0.353. The highest BCUT2D eigenvalue weighted by Gasteiger charge is 2.47. The maximum atomic E-state index is 13.8. The molecule has 2 aliphatic carbocycles. The number of hydrogen-bond donors (Lipinski definition) is 2. The van der Waals surface area contributed by atoms with E-state index in [2.05, 4.69) is 22.8 Å². The second kappa shape index (κ2) is 9.57. The van der Waals surface area contributed by atoms with Crippen molar-refractivity contribution < 1.29 is 19.0 Å². The molecule has 0 radical (unpaired) electrons. The number of aromatic hydroxyl groups is 1. The lowest BCUT2D eigenvalue weighted by Crippen LogP contribution is -2.41. The molecule has 5 aromatic rings. The minimum absolute atomic E-state index is 0.0164. The number of carbonyl (C=O) groups excluding carboxylic acids is 1. The van der Waals surface area contributed by atoms with Crippen LogP contribution in [0.5, 0.6) is 11.5 Å². The highest BCUT2D eigenvalue weighted by Crippen LogP contribution is 2.41. The zero-order chi connectivity index (χ0) is 29.6. The lowest BCUT2D eigenvalue weighted by atomic mass is 10.0. The van der Waals surface area contributed by atoms with Gasteiger partial charge in [-0.2, -0.15) is 0 Å². The van der Waals surface area contributed by atoms with E-state index in [1.165, 1.54) is 25.0 Å². The summed E-state index contributed by atoms with van der Waals surface area (Å²) in [5.41, 5.74) is 12.2. The van der Waals surface area contributed by atoms with Crippen LogP contribution in [0, 0.1) is 17.7 Å². The number of methoxy groups -OCH3 is 1. The second-order valence-electron chi connectivity index (χ2n) is 12.5. The fourth-order valence-corrected chi connectivity index (χ4v) is 7.33. The van der Waals surface area contributed by atoms with Crippen molar-refractivity contribution in [3.63, 3.8) is 0 Å². The third-order valence-electron chi connectivity index (χ3n) is 9.87. The number of fused-ring (bicyclic) bond motifs is 4. The largest absolute Gasteiger partial charge is 0.505 e. The van der Waals surface area contributed by atoms with Crippen LogP contribution in [-0.4, -0.2) is 55.8 Å². The third-order valence-corrected chi connectivity index (χ3v) is 9.87. The summed E-state index contributed by atoms with van der Waals surface area (Å²) in [6.07, 6.45) is 4.42. The molecule has 220 valence electrons. The van der Waals surface area contributed by atoms with Gasteiger partial charge < -0.3 is 29.6 Å². The van der Waals surface area contributed by atoms with E-state index in [4.69, 9.17) is 15.5 Å². The number of nitrogens with two attached hydrogens (primary N) is 1. The smallest absolute Gasteiger partial charge is 0.254 e. The Morgan fingerprint density at radius 2 is 1.86 bits per heavy atom. The summed E-state index contributed by atoms with van der Waals surface area (Å²) in [6, 6.07) is 16.6. The Morgan fingerprint density at radius 3 is 2.56 bits per heavy atom. The highest BCUT2D eigenvalue weighted by molar-refractivity contribution is 6.00. The van der Waals surface area contributed by atoms with Gasteiger partial charge in [-0.15, -0.1) is 0 Å². The number of carbonyl (C=O) groups is 1. The summed E-state index contributed by atoms with van der Waals surface area (Å²) >= 11 is 0. The van der Waals surface area contributed by atoms with E-state index in [0.717, 1.165) is 58.5 Å². The van der Waals surface area contributed by atoms with Gasteiger partial charge >= 0.3 is 0 Å². The first-order valence-corrected chi connectivity index (χ1v) is 15.0. The Kier molecular flexibility index (Phi) is 5.85. The van der Waals surface area contributed by atoms with Crippen molar-refractivity contribution in [2.45, 2.75) is 44.3 Å². The predicted octanol–water partition coefficient (Wildman–Crippen LogP) is 5.69. The number of aromatic nitrogens is 3. The molecule has 2 bridgehead atoms. The highest BCUT2D eigenvalue weighted by atomic mass is 19.1. The standard InChI is InChI=1S/C34H34FN5O3/c1-38-32-25(11-23(15-30(32)43-2)34(42)40-17-22-8-10-26(40)31(22)36)37-33(38)28-13-21-6-5-19(20-7-9-24(35)29(41)14-20)12-27(21)39(28)16-18-3-4-18/h5-7,9,11-15,18,22,26,31,41H,3-4,8,10,16-17,36H2,1-2H3/t22-,26-,31-/m1/s1. The van der Waals surface area contributed by atoms with Crippen molar-refractivity contribution in [2.24, 2.45) is 24.6 Å². The van der Waals surface area contributed by atoms with E-state index < -0.39 is 5.82 Å². The molecular weight excluding hydrogens is 545 g/mol. The number of halogens is 1. The molecule has 9 heteroatoms. The van der Waals surface area contributed by atoms with Gasteiger partial charge in [-0.3, -0.25) is 4.79 Å². The van der Waals surface area contributed by atoms with Gasteiger partial charge in [-0.25, -0.2) is 9.37 Å². The second-order valence-corrected chi connectivity index (χ2v) is 12.5. The summed E-state index contributed by atoms with van der Waals surface area (Å²) in [5.74, 6) is 1.36. The normalized spacial score (nSPS) is 21.4. The zero-order valence-corrected chi connectivity index (χ0v) is 24.3. The first-order chi connectivity index (χ1) is 20.8. The number of ether oxygens (including phenoxy) is 1. The van der Waals surface area contributed by atoms with Crippen LogP contribution in [0.1, 0.15) is 36.0 Å². The van der Waals surface area contributed by atoms with Gasteiger partial charge in [0.15, 0.2) is 17.4 Å². The van der Waals surface area contributed by atoms with Gasteiger partial charge in [-0.05, 0) is 85.0 Å². The molecule has 1 amide bonds. The van der Waals surface area contributed by atoms with E-state index in [0.29, 0.717) is 35.2 Å². The molecule has 3 heterocycles. The molecule has 3 aliphatic rings. The Bertz CT molecular complexity index is 1940. The zero-order valence-electron chi connectivity index (χ0n) is 24.3. The number of phenolic OH excluding ortho intramolecular Hbond substituents is 1. The van der Waals surface area contributed by atoms with Crippen LogP contribution >= 0.6 is 0 Å². The lowest BCUT2D eigenvalue weighted by Gasteiger charge is -2.27. The third kappa shape index (κ3) is 4.12. The van der Waals surface area contributed by atoms with Crippen molar-refractivity contribution in [1.29, 1.82) is 0 Å². The number of aryl methyl sites for hydroxylation is 1. The van der Waals surface area contributed by atoms with Crippen LogP contribution in [0.25, 0.3) is 44.6 Å². The van der Waals surface area contributed by atoms with Gasteiger partial charge in [-0.1, -0.05) is 18.2 Å². The average molecular weight is 580 g/mol. The summed E-state index contributed by atoms with van der Waals surface area (Å²) < 4.78 is 24.0. The molecular formula is C34H34FN5O3. The number of likely N-dealkylation sites (tertiary alicyclic amines) is 1. The topological polar surface area (TPSA) is 98.5 Å². The van der Waals surface area contributed by atoms with Crippen molar-refractivity contribution >= 4 is 27.8 Å². The number of imidazole rings is 1. The number of nitrogens with zero attached hydrogens (tertiary/aromatic N) is 4. The van der Waals surface area contributed by atoms with E-state index in [9.17, 15) is 14.3 Å². The number of amides is 1. The van der Waals surface area contributed by atoms with Crippen molar-refractivity contribution in [2.75, 3.05) is 13.7 Å². The molecule has 8 rings (SSSR count). The number of rotatable bonds is 6. The molecule has 0 unspecified atom stereocenters. The summed E-state index contributed by atoms with van der Waals surface area (Å²) in [6.45, 7) is 1.57. The predicted molar refractivity (Wildman–Crippen MR) is 164 cm³/mol. The van der Waals surface area contributed by atoms with Crippen LogP contribution in [0.3, 0.4) is 0 Å². The van der Waals surface area contributed by atoms with Gasteiger partial charge in [0.25, 0.3) is 5.91 Å². The summed E-state index contributed by atoms with van der Waals surface area (Å²) in [7, 11) is 3.61. The van der Waals surface area contributed by atoms with Gasteiger partial charge in [0, 0.05) is 48.7 Å². The maximum Gasteiger partial charge on any atom is 0.254 e. The molecule has 2 saturated carbocycles. The summed E-state index contributed by atoms with van der Waals surface area (Å²) in [4.78, 5) is 20.7. The van der Waals surface area contributed by atoms with Crippen LogP contribution in [0.15, 0.2) is 54.6 Å². The molecule has 1 aliphatic heterocycles. The first-order valence-electron chi connectivity index (χ1n) is 15.0. The van der Waals surface area contributed by atoms with Crippen LogP contribution in [0.2, 0.25) is 0 Å². The van der Waals surface area contributed by atoms with Crippen molar-refractivity contribution in [1.82, 2.24) is 19.0 Å². The van der Waals surface area contributed by atoms with Crippen LogP contribution < -0.4 is 10.5 Å². The molecule has 43 heavy (non-hydrogen) atoms. The Morgan fingerprint density at radius 1 is 1.07 bits per heavy atom. The number of benzene rings is 3.